The van der Waals surface area contributed by atoms with Crippen molar-refractivity contribution in [3.8, 4) is 0 Å². The maximum absolute atomic E-state index is 12.5. The van der Waals surface area contributed by atoms with Crippen molar-refractivity contribution in [1.82, 2.24) is 10.2 Å². The van der Waals surface area contributed by atoms with Crippen molar-refractivity contribution in [1.29, 1.82) is 0 Å². The van der Waals surface area contributed by atoms with Gasteiger partial charge in [-0.25, -0.2) is 0 Å². The van der Waals surface area contributed by atoms with Crippen molar-refractivity contribution in [2.24, 2.45) is 5.92 Å². The third-order valence-electron chi connectivity index (χ3n) is 3.54. The van der Waals surface area contributed by atoms with Gasteiger partial charge in [-0.3, -0.25) is 10.1 Å². The molecule has 0 radical (unpaired) electrons. The van der Waals surface area contributed by atoms with Crippen LogP contribution in [0.15, 0.2) is 30.3 Å². The second-order valence-corrected chi connectivity index (χ2v) is 5.69. The molecule has 1 heterocycles. The summed E-state index contributed by atoms with van der Waals surface area (Å²) >= 11 is 0. The number of rotatable bonds is 5. The molecule has 19 heavy (non-hydrogen) atoms. The van der Waals surface area contributed by atoms with Crippen LogP contribution in [0, 0.1) is 5.92 Å². The highest BCUT2D eigenvalue weighted by Crippen LogP contribution is 2.27. The Morgan fingerprint density at radius 1 is 1.26 bits per heavy atom. The summed E-state index contributed by atoms with van der Waals surface area (Å²) in [7, 11) is 0. The van der Waals surface area contributed by atoms with E-state index >= 15 is 0 Å². The van der Waals surface area contributed by atoms with E-state index in [1.54, 1.807) is 0 Å². The van der Waals surface area contributed by atoms with Gasteiger partial charge in [-0.1, -0.05) is 51.1 Å². The zero-order valence-corrected chi connectivity index (χ0v) is 12.1. The topological polar surface area (TPSA) is 32.3 Å². The first-order chi connectivity index (χ1) is 9.13. The number of amides is 1. The smallest absolute Gasteiger partial charge is 0.241 e. The first kappa shape index (κ1) is 14.1. The molecule has 1 fully saturated rings. The fourth-order valence-corrected chi connectivity index (χ4v) is 2.71. The lowest BCUT2D eigenvalue weighted by Crippen LogP contribution is -2.32. The number of hydrogen-bond donors (Lipinski definition) is 1. The van der Waals surface area contributed by atoms with Gasteiger partial charge in [0.15, 0.2) is 0 Å². The van der Waals surface area contributed by atoms with Gasteiger partial charge in [0.1, 0.15) is 6.17 Å². The Morgan fingerprint density at radius 3 is 2.53 bits per heavy atom. The van der Waals surface area contributed by atoms with Gasteiger partial charge < -0.3 is 4.90 Å². The Morgan fingerprint density at radius 2 is 1.95 bits per heavy atom. The summed E-state index contributed by atoms with van der Waals surface area (Å²) in [6, 6.07) is 10.2. The van der Waals surface area contributed by atoms with E-state index in [-0.39, 0.29) is 18.1 Å². The quantitative estimate of drug-likeness (QED) is 0.883. The van der Waals surface area contributed by atoms with Gasteiger partial charge in [-0.05, 0) is 24.3 Å². The third-order valence-corrected chi connectivity index (χ3v) is 3.54. The maximum Gasteiger partial charge on any atom is 0.241 e. The fraction of sp³-hybridized carbons (Fsp3) is 0.562. The van der Waals surface area contributed by atoms with Crippen molar-refractivity contribution in [2.45, 2.75) is 45.8 Å². The molecule has 0 saturated carbocycles. The van der Waals surface area contributed by atoms with Crippen molar-refractivity contribution >= 4 is 5.91 Å². The van der Waals surface area contributed by atoms with Crippen LogP contribution in [0.5, 0.6) is 0 Å². The molecule has 2 atom stereocenters. The standard InChI is InChI=1S/C16H24N2O/c1-4-10-18-15(13-8-6-5-7-9-13)17-14(16(18)19)11-12(2)3/h5-9,12,14-15,17H,4,10-11H2,1-3H3. The molecule has 1 aliphatic rings. The molecule has 1 N–H and O–H groups in total. The Bertz CT molecular complexity index is 416. The summed E-state index contributed by atoms with van der Waals surface area (Å²) in [4.78, 5) is 14.5. The summed E-state index contributed by atoms with van der Waals surface area (Å²) in [6.07, 6.45) is 1.94. The van der Waals surface area contributed by atoms with E-state index in [0.29, 0.717) is 5.92 Å². The van der Waals surface area contributed by atoms with Gasteiger partial charge in [-0.2, -0.15) is 0 Å². The first-order valence-corrected chi connectivity index (χ1v) is 7.25. The van der Waals surface area contributed by atoms with Crippen LogP contribution >= 0.6 is 0 Å². The lowest BCUT2D eigenvalue weighted by molar-refractivity contribution is -0.130. The molecular weight excluding hydrogens is 236 g/mol. The number of carbonyl (C=O) groups is 1. The zero-order valence-electron chi connectivity index (χ0n) is 12.1. The Balaban J connectivity index is 2.19. The van der Waals surface area contributed by atoms with E-state index in [1.807, 2.05) is 23.1 Å². The molecule has 0 bridgehead atoms. The number of hydrogen-bond acceptors (Lipinski definition) is 2. The number of nitrogens with zero attached hydrogens (tertiary/aromatic N) is 1. The summed E-state index contributed by atoms with van der Waals surface area (Å²) in [5.74, 6) is 0.781. The van der Waals surface area contributed by atoms with Gasteiger partial charge in [-0.15, -0.1) is 0 Å². The van der Waals surface area contributed by atoms with Crippen LogP contribution < -0.4 is 5.32 Å². The number of carbonyl (C=O) groups excluding carboxylic acids is 1. The molecule has 1 aromatic carbocycles. The minimum Gasteiger partial charge on any atom is -0.322 e. The third kappa shape index (κ3) is 3.16. The summed E-state index contributed by atoms with van der Waals surface area (Å²) in [6.45, 7) is 7.26. The van der Waals surface area contributed by atoms with Gasteiger partial charge in [0.25, 0.3) is 0 Å². The predicted molar refractivity (Wildman–Crippen MR) is 77.6 cm³/mol. The molecule has 104 valence electrons. The summed E-state index contributed by atoms with van der Waals surface area (Å²) in [5.41, 5.74) is 1.18. The lowest BCUT2D eigenvalue weighted by Gasteiger charge is -2.23. The molecule has 1 saturated heterocycles. The monoisotopic (exact) mass is 260 g/mol. The summed E-state index contributed by atoms with van der Waals surface area (Å²) in [5, 5.41) is 3.50. The molecule has 1 amide bonds. The minimum absolute atomic E-state index is 0.0308. The molecule has 3 heteroatoms. The normalized spacial score (nSPS) is 23.4. The van der Waals surface area contributed by atoms with Crippen molar-refractivity contribution in [2.75, 3.05) is 6.54 Å². The zero-order chi connectivity index (χ0) is 13.8. The SMILES string of the molecule is CCCN1C(=O)C(CC(C)C)NC1c1ccccc1. The van der Waals surface area contributed by atoms with Crippen LogP contribution in [0.1, 0.15) is 45.3 Å². The molecule has 1 aliphatic heterocycles. The number of benzene rings is 1. The van der Waals surface area contributed by atoms with E-state index in [9.17, 15) is 4.79 Å². The molecular formula is C16H24N2O. The van der Waals surface area contributed by atoms with Crippen molar-refractivity contribution in [3.05, 3.63) is 35.9 Å². The highest BCUT2D eigenvalue weighted by atomic mass is 16.2. The molecule has 0 spiro atoms. The van der Waals surface area contributed by atoms with Gasteiger partial charge in [0.2, 0.25) is 5.91 Å². The minimum atomic E-state index is -0.0308. The van der Waals surface area contributed by atoms with E-state index in [4.69, 9.17) is 0 Å². The van der Waals surface area contributed by atoms with Crippen LogP contribution in [0.4, 0.5) is 0 Å². The highest BCUT2D eigenvalue weighted by Gasteiger charge is 2.38. The molecule has 0 aliphatic carbocycles. The average molecular weight is 260 g/mol. The predicted octanol–water partition coefficient (Wildman–Crippen LogP) is 2.94. The Hall–Kier alpha value is -1.35. The number of nitrogens with one attached hydrogen (secondary N) is 1. The van der Waals surface area contributed by atoms with Crippen LogP contribution in [0.3, 0.4) is 0 Å². The molecule has 0 aromatic heterocycles. The van der Waals surface area contributed by atoms with Crippen molar-refractivity contribution < 1.29 is 4.79 Å². The van der Waals surface area contributed by atoms with Gasteiger partial charge in [0.05, 0.1) is 6.04 Å². The van der Waals surface area contributed by atoms with E-state index < -0.39 is 0 Å². The molecule has 3 nitrogen and oxygen atoms in total. The second-order valence-electron chi connectivity index (χ2n) is 5.69. The first-order valence-electron chi connectivity index (χ1n) is 7.25. The summed E-state index contributed by atoms with van der Waals surface area (Å²) < 4.78 is 0. The Labute approximate surface area is 116 Å². The van der Waals surface area contributed by atoms with E-state index in [1.165, 1.54) is 5.56 Å². The van der Waals surface area contributed by atoms with Gasteiger partial charge in [0, 0.05) is 6.54 Å². The highest BCUT2D eigenvalue weighted by molar-refractivity contribution is 5.84. The van der Waals surface area contributed by atoms with Crippen LogP contribution in [0.2, 0.25) is 0 Å². The molecule has 2 unspecified atom stereocenters. The Kier molecular flexibility index (Phi) is 4.59. The van der Waals surface area contributed by atoms with Crippen molar-refractivity contribution in [3.63, 3.8) is 0 Å². The van der Waals surface area contributed by atoms with Crippen LogP contribution in [-0.4, -0.2) is 23.4 Å². The molecule has 2 rings (SSSR count). The maximum atomic E-state index is 12.5. The molecule has 1 aromatic rings. The second kappa shape index (κ2) is 6.20. The van der Waals surface area contributed by atoms with E-state index in [2.05, 4.69) is 38.2 Å². The average Bonchev–Trinajstić information content (AvgIpc) is 2.69. The lowest BCUT2D eigenvalue weighted by atomic mass is 10.0. The fourth-order valence-electron chi connectivity index (χ4n) is 2.71. The largest absolute Gasteiger partial charge is 0.322 e. The van der Waals surface area contributed by atoms with Crippen LogP contribution in [-0.2, 0) is 4.79 Å². The van der Waals surface area contributed by atoms with Crippen LogP contribution in [0.25, 0.3) is 0 Å². The van der Waals surface area contributed by atoms with Gasteiger partial charge >= 0.3 is 0 Å². The van der Waals surface area contributed by atoms with E-state index in [0.717, 1.165) is 19.4 Å².